The van der Waals surface area contributed by atoms with Gasteiger partial charge in [0.05, 0.1) is 4.90 Å². The van der Waals surface area contributed by atoms with Gasteiger partial charge in [-0.2, -0.15) is 4.31 Å². The van der Waals surface area contributed by atoms with Crippen LogP contribution in [0, 0.1) is 0 Å². The highest BCUT2D eigenvalue weighted by atomic mass is 32.2. The van der Waals surface area contributed by atoms with Crippen LogP contribution in [0.4, 0.5) is 0 Å². The second kappa shape index (κ2) is 6.47. The Morgan fingerprint density at radius 1 is 1.20 bits per heavy atom. The number of carbonyl (C=O) groups excluding carboxylic acids is 1. The third-order valence-electron chi connectivity index (χ3n) is 3.43. The second-order valence-electron chi connectivity index (χ2n) is 4.81. The summed E-state index contributed by atoms with van der Waals surface area (Å²) in [6.45, 7) is 4.32. The number of nitrogens with one attached hydrogen (secondary N) is 1. The minimum absolute atomic E-state index is 0.0212. The fraction of sp³-hybridized carbons (Fsp3) is 0.500. The molecule has 0 spiro atoms. The lowest BCUT2D eigenvalue weighted by atomic mass is 10.1. The maximum absolute atomic E-state index is 12.5. The standard InChI is InChI=1S/C14H20N2O3S/c1-2-14(17)12-4-6-13(7-5-12)20(18,19)16-10-3-8-15-9-11-16/h4-7,15H,2-3,8-11H2,1H3. The molecule has 1 heterocycles. The topological polar surface area (TPSA) is 66.5 Å². The zero-order valence-corrected chi connectivity index (χ0v) is 12.4. The minimum Gasteiger partial charge on any atom is -0.315 e. The number of Topliss-reactive ketones (excluding diaryl/α,β-unsaturated/α-hetero) is 1. The zero-order chi connectivity index (χ0) is 14.6. The highest BCUT2D eigenvalue weighted by Crippen LogP contribution is 2.17. The summed E-state index contributed by atoms with van der Waals surface area (Å²) in [5.74, 6) is 0.0212. The van der Waals surface area contributed by atoms with E-state index in [1.165, 1.54) is 16.4 Å². The van der Waals surface area contributed by atoms with Crippen molar-refractivity contribution in [3.63, 3.8) is 0 Å². The molecule has 1 aromatic carbocycles. The van der Waals surface area contributed by atoms with Gasteiger partial charge in [0.1, 0.15) is 0 Å². The van der Waals surface area contributed by atoms with Gasteiger partial charge in [-0.05, 0) is 25.1 Å². The fourth-order valence-corrected chi connectivity index (χ4v) is 3.71. The van der Waals surface area contributed by atoms with Crippen molar-refractivity contribution in [1.82, 2.24) is 9.62 Å². The van der Waals surface area contributed by atoms with Crippen LogP contribution in [0.3, 0.4) is 0 Å². The number of nitrogens with zero attached hydrogens (tertiary/aromatic N) is 1. The van der Waals surface area contributed by atoms with E-state index in [2.05, 4.69) is 5.32 Å². The van der Waals surface area contributed by atoms with E-state index in [1.54, 1.807) is 19.1 Å². The van der Waals surface area contributed by atoms with Crippen LogP contribution in [-0.2, 0) is 10.0 Å². The van der Waals surface area contributed by atoms with Crippen molar-refractivity contribution in [2.24, 2.45) is 0 Å². The average molecular weight is 296 g/mol. The molecule has 0 unspecified atom stereocenters. The van der Waals surface area contributed by atoms with Crippen LogP contribution in [0.5, 0.6) is 0 Å². The molecule has 0 aromatic heterocycles. The number of carbonyl (C=O) groups is 1. The molecule has 110 valence electrons. The van der Waals surface area contributed by atoms with Crippen molar-refractivity contribution < 1.29 is 13.2 Å². The average Bonchev–Trinajstić information content (AvgIpc) is 2.76. The molecule has 1 saturated heterocycles. The van der Waals surface area contributed by atoms with Crippen LogP contribution in [0.1, 0.15) is 30.1 Å². The van der Waals surface area contributed by atoms with E-state index >= 15 is 0 Å². The van der Waals surface area contributed by atoms with Crippen molar-refractivity contribution in [2.75, 3.05) is 26.2 Å². The lowest BCUT2D eigenvalue weighted by Gasteiger charge is -2.19. The maximum atomic E-state index is 12.5. The van der Waals surface area contributed by atoms with Crippen molar-refractivity contribution in [2.45, 2.75) is 24.7 Å². The Labute approximate surface area is 120 Å². The summed E-state index contributed by atoms with van der Waals surface area (Å²) >= 11 is 0. The van der Waals surface area contributed by atoms with Crippen molar-refractivity contribution in [3.05, 3.63) is 29.8 Å². The van der Waals surface area contributed by atoms with Gasteiger partial charge in [0.15, 0.2) is 5.78 Å². The molecule has 6 heteroatoms. The molecule has 1 aromatic rings. The first-order chi connectivity index (χ1) is 9.55. The number of sulfonamides is 1. The van der Waals surface area contributed by atoms with Gasteiger partial charge in [0.25, 0.3) is 0 Å². The van der Waals surface area contributed by atoms with E-state index in [1.807, 2.05) is 0 Å². The minimum atomic E-state index is -3.45. The van der Waals surface area contributed by atoms with E-state index in [9.17, 15) is 13.2 Å². The highest BCUT2D eigenvalue weighted by molar-refractivity contribution is 7.89. The summed E-state index contributed by atoms with van der Waals surface area (Å²) in [5.41, 5.74) is 0.559. The molecule has 1 aliphatic heterocycles. The van der Waals surface area contributed by atoms with E-state index in [-0.39, 0.29) is 10.7 Å². The third kappa shape index (κ3) is 3.26. The van der Waals surface area contributed by atoms with Gasteiger partial charge in [-0.15, -0.1) is 0 Å². The van der Waals surface area contributed by atoms with Gasteiger partial charge in [-0.1, -0.05) is 19.1 Å². The summed E-state index contributed by atoms with van der Waals surface area (Å²) < 4.78 is 26.5. The largest absolute Gasteiger partial charge is 0.315 e. The highest BCUT2D eigenvalue weighted by Gasteiger charge is 2.24. The normalized spacial score (nSPS) is 17.6. The van der Waals surface area contributed by atoms with Gasteiger partial charge < -0.3 is 5.32 Å². The molecule has 20 heavy (non-hydrogen) atoms. The fourth-order valence-electron chi connectivity index (χ4n) is 2.23. The van der Waals surface area contributed by atoms with Gasteiger partial charge in [-0.3, -0.25) is 4.79 Å². The quantitative estimate of drug-likeness (QED) is 0.850. The second-order valence-corrected chi connectivity index (χ2v) is 6.75. The Morgan fingerprint density at radius 2 is 1.90 bits per heavy atom. The maximum Gasteiger partial charge on any atom is 0.243 e. The molecule has 0 aliphatic carbocycles. The van der Waals surface area contributed by atoms with Crippen LogP contribution in [0.25, 0.3) is 0 Å². The van der Waals surface area contributed by atoms with Crippen molar-refractivity contribution in [3.8, 4) is 0 Å². The molecule has 1 aliphatic rings. The molecule has 0 saturated carbocycles. The third-order valence-corrected chi connectivity index (χ3v) is 5.35. The van der Waals surface area contributed by atoms with Crippen molar-refractivity contribution >= 4 is 15.8 Å². The number of ketones is 1. The van der Waals surface area contributed by atoms with E-state index in [0.29, 0.717) is 31.6 Å². The van der Waals surface area contributed by atoms with Gasteiger partial charge in [-0.25, -0.2) is 8.42 Å². The first-order valence-corrected chi connectivity index (χ1v) is 8.34. The van der Waals surface area contributed by atoms with Gasteiger partial charge in [0.2, 0.25) is 10.0 Å². The zero-order valence-electron chi connectivity index (χ0n) is 11.6. The Morgan fingerprint density at radius 3 is 2.55 bits per heavy atom. The predicted octanol–water partition coefficient (Wildman–Crippen LogP) is 1.26. The molecule has 0 bridgehead atoms. The lowest BCUT2D eigenvalue weighted by molar-refractivity contribution is 0.0988. The summed E-state index contributed by atoms with van der Waals surface area (Å²) in [6.07, 6.45) is 1.23. The smallest absolute Gasteiger partial charge is 0.243 e. The molecule has 2 rings (SSSR count). The molecule has 5 nitrogen and oxygen atoms in total. The monoisotopic (exact) mass is 296 g/mol. The van der Waals surface area contributed by atoms with Gasteiger partial charge >= 0.3 is 0 Å². The number of hydrogen-bond acceptors (Lipinski definition) is 4. The van der Waals surface area contributed by atoms with Crippen LogP contribution >= 0.6 is 0 Å². The van der Waals surface area contributed by atoms with Crippen LogP contribution in [0.15, 0.2) is 29.2 Å². The van der Waals surface area contributed by atoms with Crippen molar-refractivity contribution in [1.29, 1.82) is 0 Å². The Bertz CT molecular complexity index is 559. The molecular weight excluding hydrogens is 276 g/mol. The number of benzene rings is 1. The van der Waals surface area contributed by atoms with Crippen LogP contribution in [-0.4, -0.2) is 44.7 Å². The van der Waals surface area contributed by atoms with Crippen LogP contribution in [0.2, 0.25) is 0 Å². The lowest BCUT2D eigenvalue weighted by Crippen LogP contribution is -2.34. The first-order valence-electron chi connectivity index (χ1n) is 6.90. The Hall–Kier alpha value is -1.24. The van der Waals surface area contributed by atoms with Crippen LogP contribution < -0.4 is 5.32 Å². The molecule has 0 amide bonds. The van der Waals surface area contributed by atoms with E-state index in [0.717, 1.165) is 13.0 Å². The molecule has 1 fully saturated rings. The molecule has 0 radical (unpaired) electrons. The Kier molecular flexibility index (Phi) is 4.91. The summed E-state index contributed by atoms with van der Waals surface area (Å²) in [5, 5.41) is 3.18. The summed E-state index contributed by atoms with van der Waals surface area (Å²) in [4.78, 5) is 11.8. The van der Waals surface area contributed by atoms with E-state index < -0.39 is 10.0 Å². The predicted molar refractivity (Wildman–Crippen MR) is 77.3 cm³/mol. The first kappa shape index (κ1) is 15.2. The molecular formula is C14H20N2O3S. The SMILES string of the molecule is CCC(=O)c1ccc(S(=O)(=O)N2CCCNCC2)cc1. The summed E-state index contributed by atoms with van der Waals surface area (Å²) in [7, 11) is -3.45. The number of hydrogen-bond donors (Lipinski definition) is 1. The number of rotatable bonds is 4. The van der Waals surface area contributed by atoms with Gasteiger partial charge in [0, 0.05) is 31.6 Å². The molecule has 1 N–H and O–H groups in total. The summed E-state index contributed by atoms with van der Waals surface area (Å²) in [6, 6.07) is 6.23. The Balaban J connectivity index is 2.22. The van der Waals surface area contributed by atoms with E-state index in [4.69, 9.17) is 0 Å². The molecule has 0 atom stereocenters.